The van der Waals surface area contributed by atoms with E-state index < -0.39 is 10.1 Å². The van der Waals surface area contributed by atoms with Crippen LogP contribution in [0.15, 0.2) is 41.3 Å². The highest BCUT2D eigenvalue weighted by atomic mass is 32.2. The van der Waals surface area contributed by atoms with Crippen LogP contribution in [-0.2, 0) is 16.5 Å². The van der Waals surface area contributed by atoms with Crippen molar-refractivity contribution in [2.45, 2.75) is 25.2 Å². The summed E-state index contributed by atoms with van der Waals surface area (Å²) in [5.74, 6) is 0.610. The van der Waals surface area contributed by atoms with Crippen molar-refractivity contribution in [3.63, 3.8) is 0 Å². The van der Waals surface area contributed by atoms with Gasteiger partial charge in [-0.1, -0.05) is 31.2 Å². The van der Waals surface area contributed by atoms with E-state index in [1.54, 1.807) is 7.11 Å². The molecule has 5 heteroatoms. The molecule has 0 unspecified atom stereocenters. The quantitative estimate of drug-likeness (QED) is 0.814. The Morgan fingerprint density at radius 3 is 2.33 bits per heavy atom. The van der Waals surface area contributed by atoms with Gasteiger partial charge < -0.3 is 9.29 Å². The molecule has 112 valence electrons. The first kappa shape index (κ1) is 15.5. The van der Waals surface area contributed by atoms with Crippen molar-refractivity contribution >= 4 is 10.1 Å². The van der Waals surface area contributed by atoms with Gasteiger partial charge in [0.05, 0.1) is 12.0 Å². The second-order valence-electron chi connectivity index (χ2n) is 4.79. The first-order chi connectivity index (χ1) is 9.88. The lowest BCUT2D eigenvalue weighted by Crippen LogP contribution is -2.03. The zero-order valence-corrected chi connectivity index (χ0v) is 13.0. The molecule has 2 rings (SSSR count). The summed E-state index contributed by atoms with van der Waals surface area (Å²) >= 11 is 0. The number of methoxy groups -OCH3 is 1. The molecule has 0 aliphatic carbocycles. The Morgan fingerprint density at radius 2 is 1.81 bits per heavy atom. The minimum absolute atomic E-state index is 0.224. The maximum absolute atomic E-state index is 11.4. The predicted octanol–water partition coefficient (Wildman–Crippen LogP) is 3.14. The van der Waals surface area contributed by atoms with Gasteiger partial charge in [-0.2, -0.15) is 0 Å². The molecular formula is C16H17O4S-. The van der Waals surface area contributed by atoms with E-state index in [0.29, 0.717) is 23.3 Å². The monoisotopic (exact) mass is 305 g/mol. The molecule has 0 spiro atoms. The largest absolute Gasteiger partial charge is 0.744 e. The van der Waals surface area contributed by atoms with E-state index in [0.717, 1.165) is 11.1 Å². The molecule has 0 saturated carbocycles. The molecule has 0 N–H and O–H groups in total. The lowest BCUT2D eigenvalue weighted by atomic mass is 9.97. The van der Waals surface area contributed by atoms with E-state index in [-0.39, 0.29) is 4.90 Å². The summed E-state index contributed by atoms with van der Waals surface area (Å²) in [4.78, 5) is -0.224. The third-order valence-electron chi connectivity index (χ3n) is 3.45. The molecule has 2 aromatic rings. The maximum atomic E-state index is 11.4. The molecule has 2 aromatic carbocycles. The predicted molar refractivity (Wildman–Crippen MR) is 80.5 cm³/mol. The zero-order chi connectivity index (χ0) is 15.6. The summed E-state index contributed by atoms with van der Waals surface area (Å²) in [6.45, 7) is 3.82. The lowest BCUT2D eigenvalue weighted by molar-refractivity contribution is 0.411. The number of benzene rings is 2. The minimum Gasteiger partial charge on any atom is -0.744 e. The van der Waals surface area contributed by atoms with E-state index in [2.05, 4.69) is 0 Å². The fraction of sp³-hybridized carbons (Fsp3) is 0.250. The standard InChI is InChI=1S/C16H18O4S/c1-4-12-9-13(21(17,18)19)10-15(16(12)20-3)14-8-6-5-7-11(14)2/h5-10H,4H2,1-3H3,(H,17,18,19)/p-1. The molecule has 0 aromatic heterocycles. The molecule has 21 heavy (non-hydrogen) atoms. The first-order valence-corrected chi connectivity index (χ1v) is 8.02. The Balaban J connectivity index is 2.83. The van der Waals surface area contributed by atoms with E-state index in [1.807, 2.05) is 38.1 Å². The molecule has 0 aliphatic heterocycles. The minimum atomic E-state index is -4.51. The molecule has 0 fully saturated rings. The van der Waals surface area contributed by atoms with E-state index >= 15 is 0 Å². The van der Waals surface area contributed by atoms with Crippen LogP contribution >= 0.6 is 0 Å². The van der Waals surface area contributed by atoms with Gasteiger partial charge in [0.2, 0.25) is 0 Å². The van der Waals surface area contributed by atoms with E-state index in [4.69, 9.17) is 4.74 Å². The van der Waals surface area contributed by atoms with Gasteiger partial charge in [-0.3, -0.25) is 0 Å². The molecule has 0 saturated heterocycles. The van der Waals surface area contributed by atoms with Crippen LogP contribution in [-0.4, -0.2) is 20.1 Å². The number of rotatable bonds is 4. The fourth-order valence-corrected chi connectivity index (χ4v) is 2.93. The summed E-state index contributed by atoms with van der Waals surface area (Å²) in [5, 5.41) is 0. The third kappa shape index (κ3) is 3.09. The van der Waals surface area contributed by atoms with Crippen LogP contribution in [0, 0.1) is 6.92 Å². The van der Waals surface area contributed by atoms with Crippen molar-refractivity contribution in [2.24, 2.45) is 0 Å². The van der Waals surface area contributed by atoms with Crippen LogP contribution in [0.25, 0.3) is 11.1 Å². The molecule has 0 bridgehead atoms. The molecule has 4 nitrogen and oxygen atoms in total. The highest BCUT2D eigenvalue weighted by Gasteiger charge is 2.16. The maximum Gasteiger partial charge on any atom is 0.129 e. The number of hydrogen-bond donors (Lipinski definition) is 0. The second kappa shape index (κ2) is 5.87. The number of aryl methyl sites for hydroxylation is 2. The number of hydrogen-bond acceptors (Lipinski definition) is 4. The molecule has 0 aliphatic rings. The van der Waals surface area contributed by atoms with Crippen LogP contribution in [0.3, 0.4) is 0 Å². The number of ether oxygens (including phenoxy) is 1. The average Bonchev–Trinajstić information content (AvgIpc) is 2.45. The van der Waals surface area contributed by atoms with Crippen LogP contribution in [0.5, 0.6) is 5.75 Å². The smallest absolute Gasteiger partial charge is 0.129 e. The SMILES string of the molecule is CCc1cc(S(=O)(=O)[O-])cc(-c2ccccc2C)c1OC. The fourth-order valence-electron chi connectivity index (χ4n) is 2.38. The van der Waals surface area contributed by atoms with E-state index in [1.165, 1.54) is 12.1 Å². The Labute approximate surface area is 125 Å². The highest BCUT2D eigenvalue weighted by Crippen LogP contribution is 2.37. The van der Waals surface area contributed by atoms with Gasteiger partial charge in [0.1, 0.15) is 15.9 Å². The average molecular weight is 305 g/mol. The van der Waals surface area contributed by atoms with Gasteiger partial charge >= 0.3 is 0 Å². The van der Waals surface area contributed by atoms with Gasteiger partial charge in [0, 0.05) is 5.56 Å². The van der Waals surface area contributed by atoms with Crippen LogP contribution in [0.1, 0.15) is 18.1 Å². The van der Waals surface area contributed by atoms with Crippen LogP contribution < -0.4 is 4.74 Å². The van der Waals surface area contributed by atoms with Crippen LogP contribution in [0.2, 0.25) is 0 Å². The van der Waals surface area contributed by atoms with Crippen molar-refractivity contribution in [1.82, 2.24) is 0 Å². The molecular weight excluding hydrogens is 288 g/mol. The summed E-state index contributed by atoms with van der Waals surface area (Å²) in [6, 6.07) is 10.4. The lowest BCUT2D eigenvalue weighted by Gasteiger charge is -2.18. The van der Waals surface area contributed by atoms with Crippen molar-refractivity contribution in [3.05, 3.63) is 47.5 Å². The molecule has 0 amide bonds. The van der Waals surface area contributed by atoms with Crippen molar-refractivity contribution in [1.29, 1.82) is 0 Å². The topological polar surface area (TPSA) is 66.4 Å². The molecule has 0 atom stereocenters. The van der Waals surface area contributed by atoms with Crippen molar-refractivity contribution in [3.8, 4) is 16.9 Å². The Morgan fingerprint density at radius 1 is 1.14 bits per heavy atom. The summed E-state index contributed by atoms with van der Waals surface area (Å²) in [7, 11) is -2.97. The van der Waals surface area contributed by atoms with Gasteiger partial charge in [-0.15, -0.1) is 0 Å². The normalized spacial score (nSPS) is 11.4. The highest BCUT2D eigenvalue weighted by molar-refractivity contribution is 7.85. The third-order valence-corrected chi connectivity index (χ3v) is 4.26. The van der Waals surface area contributed by atoms with Crippen molar-refractivity contribution < 1.29 is 17.7 Å². The summed E-state index contributed by atoms with van der Waals surface area (Å²) in [5.41, 5.74) is 3.17. The first-order valence-electron chi connectivity index (χ1n) is 6.61. The van der Waals surface area contributed by atoms with E-state index in [9.17, 15) is 13.0 Å². The second-order valence-corrected chi connectivity index (χ2v) is 6.17. The Kier molecular flexibility index (Phi) is 4.34. The van der Waals surface area contributed by atoms with Crippen molar-refractivity contribution in [2.75, 3.05) is 7.11 Å². The Bertz CT molecular complexity index is 764. The van der Waals surface area contributed by atoms with Gasteiger partial charge in [-0.05, 0) is 42.2 Å². The van der Waals surface area contributed by atoms with Crippen LogP contribution in [0.4, 0.5) is 0 Å². The summed E-state index contributed by atoms with van der Waals surface area (Å²) in [6.07, 6.45) is 0.575. The molecule has 0 radical (unpaired) electrons. The summed E-state index contributed by atoms with van der Waals surface area (Å²) < 4.78 is 39.6. The van der Waals surface area contributed by atoms with Gasteiger partial charge in [-0.25, -0.2) is 8.42 Å². The zero-order valence-electron chi connectivity index (χ0n) is 12.2. The molecule has 0 heterocycles. The van der Waals surface area contributed by atoms with Gasteiger partial charge in [0.25, 0.3) is 0 Å². The van der Waals surface area contributed by atoms with Gasteiger partial charge in [0.15, 0.2) is 0 Å². The Hall–Kier alpha value is -1.85.